The molecule has 0 atom stereocenters. The molecule has 0 spiro atoms. The van der Waals surface area contributed by atoms with Crippen LogP contribution in [0.2, 0.25) is 0 Å². The van der Waals surface area contributed by atoms with E-state index < -0.39 is 5.60 Å². The lowest BCUT2D eigenvalue weighted by atomic mass is 10.1. The first kappa shape index (κ1) is 20.3. The number of ether oxygens (including phenoxy) is 1. The molecule has 1 N–H and O–H groups in total. The van der Waals surface area contributed by atoms with Crippen LogP contribution in [0.15, 0.2) is 0 Å². The summed E-state index contributed by atoms with van der Waals surface area (Å²) in [6.07, 6.45) is 11.1. The predicted molar refractivity (Wildman–Crippen MR) is 96.8 cm³/mol. The van der Waals surface area contributed by atoms with Crippen molar-refractivity contribution in [3.05, 3.63) is 0 Å². The lowest BCUT2D eigenvalue weighted by Crippen LogP contribution is -2.39. The molecule has 1 aliphatic carbocycles. The average molecular weight is 327 g/mol. The van der Waals surface area contributed by atoms with Gasteiger partial charge in [-0.15, -0.1) is 0 Å². The zero-order valence-electron chi connectivity index (χ0n) is 15.8. The first-order chi connectivity index (χ1) is 10.9. The van der Waals surface area contributed by atoms with Crippen LogP contribution in [-0.4, -0.2) is 42.3 Å². The van der Waals surface area contributed by atoms with Crippen LogP contribution in [0.3, 0.4) is 0 Å². The van der Waals surface area contributed by atoms with Gasteiger partial charge in [-0.1, -0.05) is 39.0 Å². The zero-order valence-corrected chi connectivity index (χ0v) is 15.8. The number of carbonyl (C=O) groups excluding carboxylic acids is 1. The minimum atomic E-state index is -0.403. The van der Waals surface area contributed by atoms with E-state index in [9.17, 15) is 4.79 Å². The van der Waals surface area contributed by atoms with Crippen LogP contribution >= 0.6 is 0 Å². The standard InChI is InChI=1S/C19H38N2O2/c1-5-6-7-8-9-10-14-20-15-11-16-21(17-12-13-17)18(22)23-19(2,3)4/h17,20H,5-16H2,1-4H3. The molecule has 0 aromatic carbocycles. The van der Waals surface area contributed by atoms with Crippen LogP contribution in [-0.2, 0) is 4.74 Å². The Balaban J connectivity index is 2.04. The molecule has 0 aromatic rings. The summed E-state index contributed by atoms with van der Waals surface area (Å²) in [6.45, 7) is 10.9. The maximum Gasteiger partial charge on any atom is 0.410 e. The van der Waals surface area contributed by atoms with Crippen LogP contribution in [0.25, 0.3) is 0 Å². The van der Waals surface area contributed by atoms with Crippen molar-refractivity contribution in [2.45, 2.75) is 97.1 Å². The van der Waals surface area contributed by atoms with Crippen LogP contribution in [0, 0.1) is 0 Å². The Hall–Kier alpha value is -0.770. The molecule has 0 heterocycles. The molecule has 0 unspecified atom stereocenters. The minimum Gasteiger partial charge on any atom is -0.444 e. The van der Waals surface area contributed by atoms with Crippen molar-refractivity contribution < 1.29 is 9.53 Å². The quantitative estimate of drug-likeness (QED) is 0.527. The van der Waals surface area contributed by atoms with Crippen molar-refractivity contribution in [3.63, 3.8) is 0 Å². The van der Waals surface area contributed by atoms with Crippen LogP contribution in [0.1, 0.15) is 85.5 Å². The van der Waals surface area contributed by atoms with E-state index in [-0.39, 0.29) is 6.09 Å². The highest BCUT2D eigenvalue weighted by molar-refractivity contribution is 5.69. The highest BCUT2D eigenvalue weighted by Gasteiger charge is 2.34. The molecule has 0 saturated heterocycles. The van der Waals surface area contributed by atoms with Gasteiger partial charge >= 0.3 is 6.09 Å². The van der Waals surface area contributed by atoms with Gasteiger partial charge in [0.25, 0.3) is 0 Å². The van der Waals surface area contributed by atoms with Crippen molar-refractivity contribution in [1.82, 2.24) is 10.2 Å². The van der Waals surface area contributed by atoms with Crippen molar-refractivity contribution >= 4 is 6.09 Å². The number of hydrogen-bond donors (Lipinski definition) is 1. The van der Waals surface area contributed by atoms with Gasteiger partial charge < -0.3 is 15.0 Å². The second-order valence-electron chi connectivity index (χ2n) is 7.78. The van der Waals surface area contributed by atoms with E-state index in [0.29, 0.717) is 6.04 Å². The van der Waals surface area contributed by atoms with E-state index in [1.54, 1.807) is 0 Å². The highest BCUT2D eigenvalue weighted by atomic mass is 16.6. The molecular weight excluding hydrogens is 288 g/mol. The summed E-state index contributed by atoms with van der Waals surface area (Å²) in [4.78, 5) is 14.1. The number of unbranched alkanes of at least 4 members (excludes halogenated alkanes) is 5. The summed E-state index contributed by atoms with van der Waals surface area (Å²) >= 11 is 0. The number of hydrogen-bond acceptors (Lipinski definition) is 3. The van der Waals surface area contributed by atoms with Crippen LogP contribution in [0.4, 0.5) is 4.79 Å². The van der Waals surface area contributed by atoms with Crippen molar-refractivity contribution in [2.75, 3.05) is 19.6 Å². The predicted octanol–water partition coefficient (Wildman–Crippen LogP) is 4.73. The molecule has 0 aliphatic heterocycles. The van der Waals surface area contributed by atoms with Gasteiger partial charge in [-0.2, -0.15) is 0 Å². The molecule has 23 heavy (non-hydrogen) atoms. The molecular formula is C19H38N2O2. The lowest BCUT2D eigenvalue weighted by molar-refractivity contribution is 0.0232. The Bertz CT molecular complexity index is 322. The largest absolute Gasteiger partial charge is 0.444 e. The maximum atomic E-state index is 12.2. The van der Waals surface area contributed by atoms with Crippen molar-refractivity contribution in [2.24, 2.45) is 0 Å². The molecule has 1 aliphatic rings. The minimum absolute atomic E-state index is 0.143. The Labute approximate surface area is 143 Å². The first-order valence-corrected chi connectivity index (χ1v) is 9.64. The van der Waals surface area contributed by atoms with E-state index in [1.807, 2.05) is 25.7 Å². The Morgan fingerprint density at radius 2 is 1.65 bits per heavy atom. The molecule has 0 bridgehead atoms. The molecule has 0 radical (unpaired) electrons. The number of carbonyl (C=O) groups is 1. The third kappa shape index (κ3) is 10.6. The number of nitrogens with one attached hydrogen (secondary N) is 1. The summed E-state index contributed by atoms with van der Waals surface area (Å²) in [6, 6.07) is 0.420. The maximum absolute atomic E-state index is 12.2. The second kappa shape index (κ2) is 10.9. The fourth-order valence-electron chi connectivity index (χ4n) is 2.66. The Kier molecular flexibility index (Phi) is 9.61. The summed E-state index contributed by atoms with van der Waals surface area (Å²) in [5.41, 5.74) is -0.403. The van der Waals surface area contributed by atoms with E-state index >= 15 is 0 Å². The Morgan fingerprint density at radius 1 is 1.04 bits per heavy atom. The van der Waals surface area contributed by atoms with Gasteiger partial charge in [-0.05, 0) is 59.5 Å². The smallest absolute Gasteiger partial charge is 0.410 e. The topological polar surface area (TPSA) is 41.6 Å². The van der Waals surface area contributed by atoms with Gasteiger partial charge in [-0.25, -0.2) is 4.79 Å². The van der Waals surface area contributed by atoms with Crippen molar-refractivity contribution in [3.8, 4) is 0 Å². The molecule has 4 nitrogen and oxygen atoms in total. The molecule has 4 heteroatoms. The molecule has 1 amide bonds. The number of rotatable bonds is 12. The van der Waals surface area contributed by atoms with Crippen LogP contribution < -0.4 is 5.32 Å². The monoisotopic (exact) mass is 326 g/mol. The number of nitrogens with zero attached hydrogens (tertiary/aromatic N) is 1. The fraction of sp³-hybridized carbons (Fsp3) is 0.947. The van der Waals surface area contributed by atoms with Gasteiger partial charge in [0.05, 0.1) is 0 Å². The summed E-state index contributed by atoms with van der Waals surface area (Å²) in [7, 11) is 0. The molecule has 1 fully saturated rings. The normalized spacial score (nSPS) is 14.8. The highest BCUT2D eigenvalue weighted by Crippen LogP contribution is 2.28. The van der Waals surface area contributed by atoms with E-state index in [4.69, 9.17) is 4.74 Å². The lowest BCUT2D eigenvalue weighted by Gasteiger charge is -2.27. The van der Waals surface area contributed by atoms with Gasteiger partial charge in [0, 0.05) is 12.6 Å². The number of amides is 1. The third-order valence-electron chi connectivity index (χ3n) is 4.08. The summed E-state index contributed by atoms with van der Waals surface area (Å²) in [5, 5.41) is 3.50. The Morgan fingerprint density at radius 3 is 2.26 bits per heavy atom. The SMILES string of the molecule is CCCCCCCCNCCCN(C(=O)OC(C)(C)C)C1CC1. The van der Waals surface area contributed by atoms with Gasteiger partial charge in [0.2, 0.25) is 0 Å². The second-order valence-corrected chi connectivity index (χ2v) is 7.78. The van der Waals surface area contributed by atoms with Crippen molar-refractivity contribution in [1.29, 1.82) is 0 Å². The van der Waals surface area contributed by atoms with Gasteiger partial charge in [-0.3, -0.25) is 0 Å². The summed E-state index contributed by atoms with van der Waals surface area (Å²) in [5.74, 6) is 0. The third-order valence-corrected chi connectivity index (χ3v) is 4.08. The van der Waals surface area contributed by atoms with E-state index in [2.05, 4.69) is 12.2 Å². The molecule has 136 valence electrons. The first-order valence-electron chi connectivity index (χ1n) is 9.64. The molecule has 1 saturated carbocycles. The molecule has 1 rings (SSSR count). The van der Waals surface area contributed by atoms with Gasteiger partial charge in [0.1, 0.15) is 5.60 Å². The fourth-order valence-corrected chi connectivity index (χ4v) is 2.66. The average Bonchev–Trinajstić information content (AvgIpc) is 3.27. The van der Waals surface area contributed by atoms with E-state index in [1.165, 1.54) is 38.5 Å². The van der Waals surface area contributed by atoms with Crippen LogP contribution in [0.5, 0.6) is 0 Å². The molecule has 0 aromatic heterocycles. The van der Waals surface area contributed by atoms with E-state index in [0.717, 1.165) is 38.9 Å². The van der Waals surface area contributed by atoms with Gasteiger partial charge in [0.15, 0.2) is 0 Å². The summed E-state index contributed by atoms with van der Waals surface area (Å²) < 4.78 is 5.51. The zero-order chi connectivity index (χ0) is 17.1.